The quantitative estimate of drug-likeness (QED) is 0.578. The zero-order chi connectivity index (χ0) is 13.1. The summed E-state index contributed by atoms with van der Waals surface area (Å²) in [5.74, 6) is 1.62. The number of hydrogen-bond donors (Lipinski definition) is 0. The van der Waals surface area contributed by atoms with E-state index in [1.54, 1.807) is 6.08 Å². The monoisotopic (exact) mass is 240 g/mol. The van der Waals surface area contributed by atoms with Crippen molar-refractivity contribution in [3.05, 3.63) is 70.7 Å². The zero-order valence-corrected chi connectivity index (χ0v) is 10.9. The van der Waals surface area contributed by atoms with E-state index in [1.165, 1.54) is 0 Å². The molecule has 1 aromatic carbocycles. The lowest BCUT2D eigenvalue weighted by atomic mass is 10.0. The van der Waals surface area contributed by atoms with Gasteiger partial charge in [0.1, 0.15) is 11.5 Å². The number of carbonyl (C=O) groups excluding carboxylic acids is 1. The first-order valence-corrected chi connectivity index (χ1v) is 5.92. The third kappa shape index (κ3) is 2.98. The number of aryl methyl sites for hydroxylation is 1. The van der Waals surface area contributed by atoms with Crippen molar-refractivity contribution >= 4 is 5.78 Å². The summed E-state index contributed by atoms with van der Waals surface area (Å²) in [7, 11) is 0. The lowest BCUT2D eigenvalue weighted by Crippen LogP contribution is -1.99. The Kier molecular flexibility index (Phi) is 3.47. The van der Waals surface area contributed by atoms with Gasteiger partial charge in [0.25, 0.3) is 0 Å². The van der Waals surface area contributed by atoms with Crippen LogP contribution in [-0.4, -0.2) is 5.78 Å². The Bertz CT molecular complexity index is 537. The number of allylic oxidation sites excluding steroid dienone is 6. The molecule has 0 unspecified atom stereocenters. The van der Waals surface area contributed by atoms with E-state index in [9.17, 15) is 4.79 Å². The highest BCUT2D eigenvalue weighted by atomic mass is 16.5. The second kappa shape index (κ2) is 5.05. The van der Waals surface area contributed by atoms with Crippen molar-refractivity contribution in [3.8, 4) is 0 Å². The number of benzene rings is 1. The van der Waals surface area contributed by atoms with Gasteiger partial charge in [0.05, 0.1) is 0 Å². The van der Waals surface area contributed by atoms with E-state index in [1.807, 2.05) is 57.2 Å². The highest BCUT2D eigenvalue weighted by molar-refractivity contribution is 6.05. The van der Waals surface area contributed by atoms with E-state index in [-0.39, 0.29) is 5.78 Å². The maximum absolute atomic E-state index is 12.1. The topological polar surface area (TPSA) is 26.3 Å². The molecule has 1 aliphatic heterocycles. The van der Waals surface area contributed by atoms with Gasteiger partial charge >= 0.3 is 0 Å². The summed E-state index contributed by atoms with van der Waals surface area (Å²) in [4.78, 5) is 12.1. The van der Waals surface area contributed by atoms with Crippen LogP contribution >= 0.6 is 0 Å². The van der Waals surface area contributed by atoms with E-state index in [0.29, 0.717) is 5.56 Å². The van der Waals surface area contributed by atoms with Gasteiger partial charge in [0.15, 0.2) is 5.78 Å². The normalized spacial score (nSPS) is 14.5. The van der Waals surface area contributed by atoms with Crippen LogP contribution in [0.3, 0.4) is 0 Å². The first-order valence-electron chi connectivity index (χ1n) is 5.92. The molecule has 2 heteroatoms. The molecule has 2 rings (SSSR count). The van der Waals surface area contributed by atoms with Crippen molar-refractivity contribution in [2.24, 2.45) is 0 Å². The van der Waals surface area contributed by atoms with Crippen molar-refractivity contribution in [2.45, 2.75) is 20.8 Å². The Morgan fingerprint density at radius 3 is 2.11 bits per heavy atom. The van der Waals surface area contributed by atoms with Gasteiger partial charge in [-0.15, -0.1) is 0 Å². The molecule has 92 valence electrons. The van der Waals surface area contributed by atoms with Crippen molar-refractivity contribution < 1.29 is 9.53 Å². The molecule has 2 nitrogen and oxygen atoms in total. The minimum Gasteiger partial charge on any atom is -0.467 e. The van der Waals surface area contributed by atoms with Crippen LogP contribution in [0.1, 0.15) is 29.8 Å². The average Bonchev–Trinajstić information content (AvgIpc) is 2.28. The van der Waals surface area contributed by atoms with E-state index in [0.717, 1.165) is 22.7 Å². The molecule has 0 saturated carbocycles. The Hall–Kier alpha value is -2.09. The molecule has 0 radical (unpaired) electrons. The maximum atomic E-state index is 12.1. The van der Waals surface area contributed by atoms with Crippen LogP contribution in [0.15, 0.2) is 59.6 Å². The molecule has 1 aromatic rings. The summed E-state index contributed by atoms with van der Waals surface area (Å²) in [5.41, 5.74) is 2.73. The van der Waals surface area contributed by atoms with Crippen LogP contribution in [0.2, 0.25) is 0 Å². The molecule has 18 heavy (non-hydrogen) atoms. The standard InChI is InChI=1S/C16H16O2/c1-11-4-6-15(7-5-11)16(17)10-14-8-12(2)18-13(3)9-14/h4-10H,1-3H3. The first-order chi connectivity index (χ1) is 8.54. The number of ether oxygens (including phenoxy) is 1. The van der Waals surface area contributed by atoms with Gasteiger partial charge in [-0.05, 0) is 44.6 Å². The van der Waals surface area contributed by atoms with Crippen LogP contribution in [-0.2, 0) is 4.74 Å². The van der Waals surface area contributed by atoms with E-state index in [4.69, 9.17) is 4.74 Å². The molecule has 0 N–H and O–H groups in total. The second-order valence-electron chi connectivity index (χ2n) is 4.49. The molecule has 1 aliphatic rings. The largest absolute Gasteiger partial charge is 0.467 e. The maximum Gasteiger partial charge on any atom is 0.186 e. The van der Waals surface area contributed by atoms with Gasteiger partial charge in [-0.2, -0.15) is 0 Å². The Labute approximate surface area is 107 Å². The van der Waals surface area contributed by atoms with Crippen molar-refractivity contribution in [2.75, 3.05) is 0 Å². The third-order valence-corrected chi connectivity index (χ3v) is 2.70. The summed E-state index contributed by atoms with van der Waals surface area (Å²) in [5, 5.41) is 0. The highest BCUT2D eigenvalue weighted by Crippen LogP contribution is 2.18. The molecule has 0 aliphatic carbocycles. The molecule has 0 saturated heterocycles. The molecule has 0 atom stereocenters. The summed E-state index contributed by atoms with van der Waals surface area (Å²) >= 11 is 0. The fraction of sp³-hybridized carbons (Fsp3) is 0.188. The molecule has 0 aromatic heterocycles. The van der Waals surface area contributed by atoms with Crippen LogP contribution in [0.5, 0.6) is 0 Å². The number of rotatable bonds is 2. The molecular weight excluding hydrogens is 224 g/mol. The third-order valence-electron chi connectivity index (χ3n) is 2.70. The number of hydrogen-bond acceptors (Lipinski definition) is 2. The average molecular weight is 240 g/mol. The Morgan fingerprint density at radius 2 is 1.56 bits per heavy atom. The van der Waals surface area contributed by atoms with Crippen molar-refractivity contribution in [1.82, 2.24) is 0 Å². The molecule has 1 heterocycles. The minimum absolute atomic E-state index is 0.0139. The number of carbonyl (C=O) groups is 1. The fourth-order valence-electron chi connectivity index (χ4n) is 1.86. The Morgan fingerprint density at radius 1 is 1.00 bits per heavy atom. The molecule has 0 amide bonds. The smallest absolute Gasteiger partial charge is 0.186 e. The fourth-order valence-corrected chi connectivity index (χ4v) is 1.86. The van der Waals surface area contributed by atoms with Gasteiger partial charge in [-0.1, -0.05) is 29.8 Å². The second-order valence-corrected chi connectivity index (χ2v) is 4.49. The number of ketones is 1. The lowest BCUT2D eigenvalue weighted by molar-refractivity contribution is 0.104. The summed E-state index contributed by atoms with van der Waals surface area (Å²) in [6.07, 6.45) is 5.36. The predicted molar refractivity (Wildman–Crippen MR) is 72.2 cm³/mol. The van der Waals surface area contributed by atoms with Crippen LogP contribution < -0.4 is 0 Å². The highest BCUT2D eigenvalue weighted by Gasteiger charge is 2.07. The summed E-state index contributed by atoms with van der Waals surface area (Å²) in [6.45, 7) is 5.75. The molecular formula is C16H16O2. The molecule has 0 bridgehead atoms. The lowest BCUT2D eigenvalue weighted by Gasteiger charge is -2.12. The van der Waals surface area contributed by atoms with Crippen molar-refractivity contribution in [1.29, 1.82) is 0 Å². The van der Waals surface area contributed by atoms with Gasteiger partial charge in [0.2, 0.25) is 0 Å². The Balaban J connectivity index is 2.25. The van der Waals surface area contributed by atoms with E-state index in [2.05, 4.69) is 0 Å². The molecule has 0 spiro atoms. The minimum atomic E-state index is 0.0139. The van der Waals surface area contributed by atoms with E-state index >= 15 is 0 Å². The summed E-state index contributed by atoms with van der Waals surface area (Å²) < 4.78 is 5.39. The van der Waals surface area contributed by atoms with Crippen LogP contribution in [0.25, 0.3) is 0 Å². The first kappa shape index (κ1) is 12.4. The SMILES string of the molecule is CC1=CC(=CC(=O)c2ccc(C)cc2)C=C(C)O1. The van der Waals surface area contributed by atoms with Gasteiger partial charge in [-0.25, -0.2) is 0 Å². The van der Waals surface area contributed by atoms with Gasteiger partial charge in [-0.3, -0.25) is 4.79 Å². The van der Waals surface area contributed by atoms with E-state index < -0.39 is 0 Å². The van der Waals surface area contributed by atoms with Crippen LogP contribution in [0, 0.1) is 6.92 Å². The molecule has 0 fully saturated rings. The van der Waals surface area contributed by atoms with Gasteiger partial charge < -0.3 is 4.74 Å². The summed E-state index contributed by atoms with van der Waals surface area (Å²) in [6, 6.07) is 7.58. The van der Waals surface area contributed by atoms with Crippen LogP contribution in [0.4, 0.5) is 0 Å². The zero-order valence-electron chi connectivity index (χ0n) is 10.9. The van der Waals surface area contributed by atoms with Gasteiger partial charge in [0, 0.05) is 5.56 Å². The van der Waals surface area contributed by atoms with Crippen molar-refractivity contribution in [3.63, 3.8) is 0 Å². The predicted octanol–water partition coefficient (Wildman–Crippen LogP) is 3.94.